The van der Waals surface area contributed by atoms with Crippen molar-refractivity contribution in [2.24, 2.45) is 11.8 Å². The molecule has 1 aromatic rings. The zero-order valence-corrected chi connectivity index (χ0v) is 16.2. The van der Waals surface area contributed by atoms with Gasteiger partial charge in [0, 0.05) is 37.9 Å². The normalized spacial score (nSPS) is 24.5. The first kappa shape index (κ1) is 19.1. The molecule has 2 bridgehead atoms. The van der Waals surface area contributed by atoms with Gasteiger partial charge in [0.1, 0.15) is 0 Å². The fraction of sp³-hybridized carbons (Fsp3) is 0.684. The number of nitrogens with zero attached hydrogens (tertiary/aromatic N) is 3. The van der Waals surface area contributed by atoms with Crippen molar-refractivity contribution >= 4 is 23.6 Å². The van der Waals surface area contributed by atoms with Crippen molar-refractivity contribution in [1.82, 2.24) is 20.2 Å². The molecule has 2 heterocycles. The summed E-state index contributed by atoms with van der Waals surface area (Å²) in [5.41, 5.74) is 0. The van der Waals surface area contributed by atoms with Crippen LogP contribution in [-0.4, -0.2) is 51.6 Å². The van der Waals surface area contributed by atoms with E-state index in [1.165, 1.54) is 11.8 Å². The minimum Gasteiger partial charge on any atom is -0.352 e. The Labute approximate surface area is 159 Å². The van der Waals surface area contributed by atoms with E-state index in [1.54, 1.807) is 18.5 Å². The largest absolute Gasteiger partial charge is 0.352 e. The van der Waals surface area contributed by atoms with Crippen molar-refractivity contribution in [3.8, 4) is 0 Å². The van der Waals surface area contributed by atoms with Crippen molar-refractivity contribution in [1.29, 1.82) is 0 Å². The number of hydrogen-bond acceptors (Lipinski definition) is 5. The minimum absolute atomic E-state index is 0.0343. The molecule has 0 aromatic carbocycles. The van der Waals surface area contributed by atoms with Gasteiger partial charge in [-0.1, -0.05) is 31.5 Å². The highest BCUT2D eigenvalue weighted by Gasteiger charge is 2.43. The molecular formula is C19H28N4O2S. The highest BCUT2D eigenvalue weighted by molar-refractivity contribution is 7.99. The van der Waals surface area contributed by atoms with Crippen molar-refractivity contribution in [3.05, 3.63) is 18.5 Å². The van der Waals surface area contributed by atoms with E-state index in [0.29, 0.717) is 29.2 Å². The number of unbranched alkanes of at least 4 members (excludes halogenated alkanes) is 2. The van der Waals surface area contributed by atoms with E-state index in [0.717, 1.165) is 45.2 Å². The molecule has 1 saturated heterocycles. The molecule has 1 unspecified atom stereocenters. The van der Waals surface area contributed by atoms with E-state index >= 15 is 0 Å². The fourth-order valence-electron chi connectivity index (χ4n) is 4.06. The summed E-state index contributed by atoms with van der Waals surface area (Å²) in [4.78, 5) is 35.0. The van der Waals surface area contributed by atoms with Crippen LogP contribution in [0.2, 0.25) is 0 Å². The van der Waals surface area contributed by atoms with E-state index in [1.807, 2.05) is 4.90 Å². The van der Waals surface area contributed by atoms with Crippen LogP contribution in [0.5, 0.6) is 0 Å². The third-order valence-electron chi connectivity index (χ3n) is 5.38. The monoisotopic (exact) mass is 376 g/mol. The second-order valence-electron chi connectivity index (χ2n) is 7.27. The molecule has 3 atom stereocenters. The van der Waals surface area contributed by atoms with Crippen LogP contribution in [0.3, 0.4) is 0 Å². The Kier molecular flexibility index (Phi) is 6.88. The van der Waals surface area contributed by atoms with Gasteiger partial charge in [-0.25, -0.2) is 9.97 Å². The lowest BCUT2D eigenvalue weighted by Crippen LogP contribution is -2.54. The molecule has 2 amide bonds. The molecule has 1 aliphatic carbocycles. The van der Waals surface area contributed by atoms with Gasteiger partial charge in [-0.3, -0.25) is 9.59 Å². The van der Waals surface area contributed by atoms with Gasteiger partial charge in [-0.15, -0.1) is 0 Å². The number of hydrogen-bond donors (Lipinski definition) is 1. The van der Waals surface area contributed by atoms with Gasteiger partial charge < -0.3 is 10.2 Å². The zero-order chi connectivity index (χ0) is 18.4. The summed E-state index contributed by atoms with van der Waals surface area (Å²) in [6, 6.07) is 1.97. The Morgan fingerprint density at radius 1 is 1.19 bits per heavy atom. The number of carbonyl (C=O) groups excluding carboxylic acids is 2. The lowest BCUT2D eigenvalue weighted by Gasteiger charge is -2.38. The predicted octanol–water partition coefficient (Wildman–Crippen LogP) is 2.50. The van der Waals surface area contributed by atoms with E-state index < -0.39 is 0 Å². The van der Waals surface area contributed by atoms with Gasteiger partial charge in [-0.05, 0) is 37.2 Å². The maximum absolute atomic E-state index is 12.4. The minimum atomic E-state index is 0.0343. The highest BCUT2D eigenvalue weighted by atomic mass is 32.2. The van der Waals surface area contributed by atoms with Crippen LogP contribution >= 0.6 is 11.8 Å². The molecule has 0 radical (unpaired) electrons. The van der Waals surface area contributed by atoms with Gasteiger partial charge in [0.05, 0.1) is 5.75 Å². The Morgan fingerprint density at radius 3 is 2.54 bits per heavy atom. The molecular weight excluding hydrogens is 348 g/mol. The first-order chi connectivity index (χ1) is 12.7. The van der Waals surface area contributed by atoms with Crippen molar-refractivity contribution in [3.63, 3.8) is 0 Å². The number of thioether (sulfide) groups is 1. The third kappa shape index (κ3) is 4.96. The van der Waals surface area contributed by atoms with Crippen LogP contribution in [0.4, 0.5) is 0 Å². The average molecular weight is 377 g/mol. The summed E-state index contributed by atoms with van der Waals surface area (Å²) in [7, 11) is 0. The number of amides is 2. The Hall–Kier alpha value is -1.63. The molecule has 3 rings (SSSR count). The Bertz CT molecular complexity index is 599. The van der Waals surface area contributed by atoms with Gasteiger partial charge in [-0.2, -0.15) is 0 Å². The van der Waals surface area contributed by atoms with E-state index in [-0.39, 0.29) is 17.9 Å². The Balaban J connectivity index is 1.46. The van der Waals surface area contributed by atoms with Crippen LogP contribution in [0.25, 0.3) is 0 Å². The number of carbonyl (C=O) groups is 2. The fourth-order valence-corrected chi connectivity index (χ4v) is 4.68. The molecule has 2 fully saturated rings. The predicted molar refractivity (Wildman–Crippen MR) is 102 cm³/mol. The number of aromatic nitrogens is 2. The van der Waals surface area contributed by atoms with E-state index in [2.05, 4.69) is 22.2 Å². The molecule has 7 heteroatoms. The maximum Gasteiger partial charge on any atom is 0.230 e. The molecule has 2 aliphatic rings. The summed E-state index contributed by atoms with van der Waals surface area (Å²) < 4.78 is 0. The van der Waals surface area contributed by atoms with Crippen LogP contribution in [-0.2, 0) is 9.59 Å². The third-order valence-corrected chi connectivity index (χ3v) is 6.26. The first-order valence-corrected chi connectivity index (χ1v) is 10.6. The topological polar surface area (TPSA) is 75.2 Å². The summed E-state index contributed by atoms with van der Waals surface area (Å²) in [6.07, 6.45) is 9.47. The van der Waals surface area contributed by atoms with Crippen molar-refractivity contribution in [2.45, 2.75) is 56.6 Å². The maximum atomic E-state index is 12.4. The highest BCUT2D eigenvalue weighted by Crippen LogP contribution is 2.37. The molecule has 142 valence electrons. The summed E-state index contributed by atoms with van der Waals surface area (Å²) in [5.74, 6) is 1.44. The van der Waals surface area contributed by atoms with Crippen LogP contribution in [0, 0.1) is 11.8 Å². The second-order valence-corrected chi connectivity index (χ2v) is 8.21. The van der Waals surface area contributed by atoms with Crippen molar-refractivity contribution in [2.75, 3.05) is 18.8 Å². The van der Waals surface area contributed by atoms with Gasteiger partial charge in [0.2, 0.25) is 11.8 Å². The SMILES string of the molecule is CCCCCC(=O)N1C[C@H]2CC[C@@H](C1)C2NC(=O)CSc1ncccn1. The van der Waals surface area contributed by atoms with Gasteiger partial charge in [0.15, 0.2) is 5.16 Å². The molecule has 1 aliphatic heterocycles. The Morgan fingerprint density at radius 2 is 1.88 bits per heavy atom. The number of likely N-dealkylation sites (tertiary alicyclic amines) is 1. The number of rotatable bonds is 8. The smallest absolute Gasteiger partial charge is 0.230 e. The lowest BCUT2D eigenvalue weighted by atomic mass is 9.91. The quantitative estimate of drug-likeness (QED) is 0.429. The average Bonchev–Trinajstić information content (AvgIpc) is 2.88. The molecule has 6 nitrogen and oxygen atoms in total. The molecule has 1 N–H and O–H groups in total. The van der Waals surface area contributed by atoms with Crippen LogP contribution in [0.15, 0.2) is 23.6 Å². The molecule has 1 saturated carbocycles. The second kappa shape index (κ2) is 9.35. The van der Waals surface area contributed by atoms with Gasteiger partial charge in [0.25, 0.3) is 0 Å². The number of piperidine rings is 1. The number of nitrogens with one attached hydrogen (secondary N) is 1. The lowest BCUT2D eigenvalue weighted by molar-refractivity contribution is -0.134. The number of fused-ring (bicyclic) bond motifs is 2. The zero-order valence-electron chi connectivity index (χ0n) is 15.4. The molecule has 1 aromatic heterocycles. The van der Waals surface area contributed by atoms with E-state index in [4.69, 9.17) is 0 Å². The van der Waals surface area contributed by atoms with Crippen LogP contribution < -0.4 is 5.32 Å². The summed E-state index contributed by atoms with van der Waals surface area (Å²) in [6.45, 7) is 3.74. The summed E-state index contributed by atoms with van der Waals surface area (Å²) >= 11 is 1.36. The molecule has 0 spiro atoms. The first-order valence-electron chi connectivity index (χ1n) is 9.64. The van der Waals surface area contributed by atoms with E-state index in [9.17, 15) is 9.59 Å². The van der Waals surface area contributed by atoms with Gasteiger partial charge >= 0.3 is 0 Å². The van der Waals surface area contributed by atoms with Crippen molar-refractivity contribution < 1.29 is 9.59 Å². The summed E-state index contributed by atoms with van der Waals surface area (Å²) in [5, 5.41) is 3.83. The molecule has 26 heavy (non-hydrogen) atoms. The standard InChI is InChI=1S/C19H28N4O2S/c1-2-3-4-6-17(25)23-11-14-7-8-15(12-23)18(14)22-16(24)13-26-19-20-9-5-10-21-19/h5,9-10,14-15,18H,2-4,6-8,11-13H2,1H3,(H,22,24)/t14-,15+,18?. The van der Waals surface area contributed by atoms with Crippen LogP contribution in [0.1, 0.15) is 45.4 Å².